The van der Waals surface area contributed by atoms with E-state index in [0.717, 1.165) is 11.3 Å². The number of hydrogen-bond donors (Lipinski definition) is 1. The molecule has 0 atom stereocenters. The standard InChI is InChI=1S/C12H19ClN2O4S2/c1-10(16)15(7-3-9-19-2)8-6-14-21(17,18)12-5-4-11(13)20-12/h4-5,14H,3,6-9H2,1-2H3. The van der Waals surface area contributed by atoms with Gasteiger partial charge in [0.05, 0.1) is 4.34 Å². The molecule has 0 radical (unpaired) electrons. The molecule has 6 nitrogen and oxygen atoms in total. The van der Waals surface area contributed by atoms with E-state index in [1.165, 1.54) is 19.1 Å². The summed E-state index contributed by atoms with van der Waals surface area (Å²) in [7, 11) is -1.97. The maximum atomic E-state index is 12.0. The normalized spacial score (nSPS) is 11.6. The molecule has 9 heteroatoms. The fourth-order valence-electron chi connectivity index (χ4n) is 1.65. The molecule has 1 aromatic rings. The van der Waals surface area contributed by atoms with Gasteiger partial charge in [0.1, 0.15) is 4.21 Å². The number of amides is 1. The molecule has 1 amide bonds. The third-order valence-electron chi connectivity index (χ3n) is 2.71. The predicted molar refractivity (Wildman–Crippen MR) is 83.3 cm³/mol. The Hall–Kier alpha value is -0.670. The molecular weight excluding hydrogens is 336 g/mol. The van der Waals surface area contributed by atoms with Crippen molar-refractivity contribution in [2.75, 3.05) is 33.4 Å². The number of rotatable bonds is 9. The van der Waals surface area contributed by atoms with E-state index in [9.17, 15) is 13.2 Å². The summed E-state index contributed by atoms with van der Waals surface area (Å²) in [4.78, 5) is 13.0. The summed E-state index contributed by atoms with van der Waals surface area (Å²) in [6.07, 6.45) is 0.712. The third kappa shape index (κ3) is 6.31. The van der Waals surface area contributed by atoms with Crippen LogP contribution in [0.1, 0.15) is 13.3 Å². The monoisotopic (exact) mass is 354 g/mol. The first-order valence-electron chi connectivity index (χ1n) is 6.36. The van der Waals surface area contributed by atoms with E-state index in [4.69, 9.17) is 16.3 Å². The summed E-state index contributed by atoms with van der Waals surface area (Å²) in [6.45, 7) is 3.03. The SMILES string of the molecule is COCCCN(CCNS(=O)(=O)c1ccc(Cl)s1)C(C)=O. The van der Waals surface area contributed by atoms with Crippen LogP contribution in [0.3, 0.4) is 0 Å². The van der Waals surface area contributed by atoms with Gasteiger partial charge in [-0.3, -0.25) is 4.79 Å². The van der Waals surface area contributed by atoms with Crippen molar-refractivity contribution in [3.63, 3.8) is 0 Å². The number of carbonyl (C=O) groups is 1. The van der Waals surface area contributed by atoms with E-state index in [1.54, 1.807) is 12.0 Å². The number of ether oxygens (including phenoxy) is 1. The molecule has 0 unspecified atom stereocenters. The Morgan fingerprint density at radius 3 is 2.67 bits per heavy atom. The number of nitrogens with one attached hydrogen (secondary N) is 1. The van der Waals surface area contributed by atoms with Gasteiger partial charge in [0.2, 0.25) is 15.9 Å². The number of thiophene rings is 1. The molecular formula is C12H19ClN2O4S2. The van der Waals surface area contributed by atoms with Crippen LogP contribution in [0.15, 0.2) is 16.3 Å². The van der Waals surface area contributed by atoms with E-state index in [2.05, 4.69) is 4.72 Å². The Morgan fingerprint density at radius 2 is 2.14 bits per heavy atom. The summed E-state index contributed by atoms with van der Waals surface area (Å²) in [5, 5.41) is 0. The first-order chi connectivity index (χ1) is 9.86. The summed E-state index contributed by atoms with van der Waals surface area (Å²) < 4.78 is 31.9. The van der Waals surface area contributed by atoms with Crippen molar-refractivity contribution in [3.05, 3.63) is 16.5 Å². The molecule has 0 aromatic carbocycles. The fourth-order valence-corrected chi connectivity index (χ4v) is 4.20. The maximum Gasteiger partial charge on any atom is 0.250 e. The van der Waals surface area contributed by atoms with Crippen LogP contribution >= 0.6 is 22.9 Å². The molecule has 0 bridgehead atoms. The lowest BCUT2D eigenvalue weighted by Gasteiger charge is -2.20. The molecule has 0 saturated carbocycles. The lowest BCUT2D eigenvalue weighted by atomic mass is 10.4. The predicted octanol–water partition coefficient (Wildman–Crippen LogP) is 1.56. The van der Waals surface area contributed by atoms with Crippen LogP contribution in [0.25, 0.3) is 0 Å². The minimum absolute atomic E-state index is 0.0931. The quantitative estimate of drug-likeness (QED) is 0.683. The smallest absolute Gasteiger partial charge is 0.250 e. The lowest BCUT2D eigenvalue weighted by molar-refractivity contribution is -0.128. The zero-order chi connectivity index (χ0) is 15.9. The minimum atomic E-state index is -3.56. The van der Waals surface area contributed by atoms with E-state index < -0.39 is 10.0 Å². The van der Waals surface area contributed by atoms with Gasteiger partial charge in [0, 0.05) is 40.3 Å². The van der Waals surface area contributed by atoms with Crippen LogP contribution in [0.2, 0.25) is 4.34 Å². The highest BCUT2D eigenvalue weighted by Crippen LogP contribution is 2.25. The molecule has 0 fully saturated rings. The second kappa shape index (κ2) is 8.70. The Balaban J connectivity index is 2.48. The Bertz CT molecular complexity index is 559. The minimum Gasteiger partial charge on any atom is -0.385 e. The summed E-state index contributed by atoms with van der Waals surface area (Å²) in [5.41, 5.74) is 0. The zero-order valence-electron chi connectivity index (χ0n) is 12.0. The van der Waals surface area contributed by atoms with Crippen molar-refractivity contribution in [1.29, 1.82) is 0 Å². The number of sulfonamides is 1. The highest BCUT2D eigenvalue weighted by molar-refractivity contribution is 7.91. The molecule has 0 aliphatic heterocycles. The second-order valence-corrected chi connectivity index (χ2v) is 8.02. The van der Waals surface area contributed by atoms with Crippen LogP contribution in [-0.4, -0.2) is 52.6 Å². The number of nitrogens with zero attached hydrogens (tertiary/aromatic N) is 1. The van der Waals surface area contributed by atoms with Gasteiger partial charge in [0.15, 0.2) is 0 Å². The van der Waals surface area contributed by atoms with E-state index in [1.807, 2.05) is 0 Å². The van der Waals surface area contributed by atoms with Crippen LogP contribution in [0, 0.1) is 0 Å². The van der Waals surface area contributed by atoms with Crippen molar-refractivity contribution in [2.45, 2.75) is 17.6 Å². The fraction of sp³-hybridized carbons (Fsp3) is 0.583. The van der Waals surface area contributed by atoms with Gasteiger partial charge in [-0.1, -0.05) is 11.6 Å². The van der Waals surface area contributed by atoms with E-state index >= 15 is 0 Å². The molecule has 0 saturated heterocycles. The van der Waals surface area contributed by atoms with Gasteiger partial charge in [-0.25, -0.2) is 13.1 Å². The summed E-state index contributed by atoms with van der Waals surface area (Å²) in [5.74, 6) is -0.0931. The number of methoxy groups -OCH3 is 1. The Kier molecular flexibility index (Phi) is 7.61. The molecule has 0 aliphatic rings. The molecule has 0 spiro atoms. The Morgan fingerprint density at radius 1 is 1.43 bits per heavy atom. The average Bonchev–Trinajstić information content (AvgIpc) is 2.84. The van der Waals surface area contributed by atoms with Crippen LogP contribution in [-0.2, 0) is 19.6 Å². The average molecular weight is 355 g/mol. The Labute approximate surface area is 134 Å². The van der Waals surface area contributed by atoms with Gasteiger partial charge >= 0.3 is 0 Å². The highest BCUT2D eigenvalue weighted by Gasteiger charge is 2.17. The summed E-state index contributed by atoms with van der Waals surface area (Å²) >= 11 is 6.72. The van der Waals surface area contributed by atoms with E-state index in [0.29, 0.717) is 30.5 Å². The first-order valence-corrected chi connectivity index (χ1v) is 9.04. The van der Waals surface area contributed by atoms with E-state index in [-0.39, 0.29) is 16.7 Å². The van der Waals surface area contributed by atoms with Gasteiger partial charge < -0.3 is 9.64 Å². The first kappa shape index (κ1) is 18.4. The zero-order valence-corrected chi connectivity index (χ0v) is 14.4. The van der Waals surface area contributed by atoms with Crippen molar-refractivity contribution in [1.82, 2.24) is 9.62 Å². The molecule has 1 rings (SSSR count). The maximum absolute atomic E-state index is 12.0. The largest absolute Gasteiger partial charge is 0.385 e. The van der Waals surface area contributed by atoms with Crippen molar-refractivity contribution < 1.29 is 17.9 Å². The lowest BCUT2D eigenvalue weighted by Crippen LogP contribution is -2.38. The van der Waals surface area contributed by atoms with Gasteiger partial charge in [-0.15, -0.1) is 11.3 Å². The van der Waals surface area contributed by atoms with Crippen LogP contribution < -0.4 is 4.72 Å². The number of halogens is 1. The van der Waals surface area contributed by atoms with Gasteiger partial charge in [0.25, 0.3) is 0 Å². The van der Waals surface area contributed by atoms with Crippen molar-refractivity contribution >= 4 is 38.9 Å². The molecule has 0 aliphatic carbocycles. The van der Waals surface area contributed by atoms with Crippen molar-refractivity contribution in [3.8, 4) is 0 Å². The second-order valence-electron chi connectivity index (χ2n) is 4.31. The molecule has 1 heterocycles. The number of carbonyl (C=O) groups excluding carboxylic acids is 1. The molecule has 1 N–H and O–H groups in total. The summed E-state index contributed by atoms with van der Waals surface area (Å²) in [6, 6.07) is 2.99. The molecule has 1 aromatic heterocycles. The topological polar surface area (TPSA) is 75.7 Å². The van der Waals surface area contributed by atoms with Crippen LogP contribution in [0.5, 0.6) is 0 Å². The third-order valence-corrected chi connectivity index (χ3v) is 5.89. The van der Waals surface area contributed by atoms with Gasteiger partial charge in [-0.05, 0) is 18.6 Å². The van der Waals surface area contributed by atoms with Gasteiger partial charge in [-0.2, -0.15) is 0 Å². The molecule has 120 valence electrons. The number of hydrogen-bond acceptors (Lipinski definition) is 5. The molecule has 21 heavy (non-hydrogen) atoms. The van der Waals surface area contributed by atoms with Crippen molar-refractivity contribution in [2.24, 2.45) is 0 Å². The highest BCUT2D eigenvalue weighted by atomic mass is 35.5. The van der Waals surface area contributed by atoms with Crippen LogP contribution in [0.4, 0.5) is 0 Å².